The normalized spacial score (nSPS) is 9.50. The van der Waals surface area contributed by atoms with Crippen molar-refractivity contribution in [1.29, 1.82) is 5.26 Å². The Balaban J connectivity index is 3.06. The molecule has 1 aromatic carbocycles. The highest BCUT2D eigenvalue weighted by Gasteiger charge is 2.12. The lowest BCUT2D eigenvalue weighted by molar-refractivity contribution is 0.378. The molecule has 0 aliphatic rings. The fourth-order valence-corrected chi connectivity index (χ4v) is 1.17. The molecule has 0 aliphatic carbocycles. The highest BCUT2D eigenvalue weighted by atomic mass is 19.1. The molecule has 0 aromatic heterocycles. The second kappa shape index (κ2) is 4.47. The van der Waals surface area contributed by atoms with Gasteiger partial charge in [-0.05, 0) is 18.6 Å². The summed E-state index contributed by atoms with van der Waals surface area (Å²) in [5, 5.41) is 17.7. The Bertz CT molecular complexity index is 371. The molecule has 0 fully saturated rings. The van der Waals surface area contributed by atoms with Crippen LogP contribution in [0.2, 0.25) is 0 Å². The number of aromatic hydroxyl groups is 1. The Hall–Kier alpha value is -1.76. The maximum Gasteiger partial charge on any atom is 0.171 e. The van der Waals surface area contributed by atoms with Gasteiger partial charge >= 0.3 is 0 Å². The molecule has 0 unspecified atom stereocenters. The Labute approximate surface area is 81.4 Å². The van der Waals surface area contributed by atoms with Crippen LogP contribution in [0.25, 0.3) is 0 Å². The lowest BCUT2D eigenvalue weighted by Crippen LogP contribution is -1.95. The van der Waals surface area contributed by atoms with Crippen LogP contribution in [-0.2, 0) is 6.42 Å². The summed E-state index contributed by atoms with van der Waals surface area (Å²) in [5.74, 6) is -0.656. The topological polar surface area (TPSA) is 53.2 Å². The van der Waals surface area contributed by atoms with E-state index in [0.717, 1.165) is 0 Å². The van der Waals surface area contributed by atoms with E-state index in [2.05, 4.69) is 0 Å². The van der Waals surface area contributed by atoms with Gasteiger partial charge in [-0.25, -0.2) is 4.39 Å². The van der Waals surface area contributed by atoms with E-state index in [0.29, 0.717) is 0 Å². The van der Waals surface area contributed by atoms with Gasteiger partial charge in [0.2, 0.25) is 0 Å². The quantitative estimate of drug-likeness (QED) is 0.802. The van der Waals surface area contributed by atoms with Crippen molar-refractivity contribution in [1.82, 2.24) is 0 Å². The van der Waals surface area contributed by atoms with Crippen LogP contribution in [-0.4, -0.2) is 12.2 Å². The third-order valence-corrected chi connectivity index (χ3v) is 1.89. The first kappa shape index (κ1) is 10.3. The summed E-state index contributed by atoms with van der Waals surface area (Å²) in [6, 6.07) is 4.59. The van der Waals surface area contributed by atoms with E-state index in [9.17, 15) is 9.50 Å². The molecule has 4 heteroatoms. The minimum atomic E-state index is -0.595. The van der Waals surface area contributed by atoms with E-state index in [1.54, 1.807) is 0 Å². The molecule has 74 valence electrons. The van der Waals surface area contributed by atoms with Crippen LogP contribution in [0.3, 0.4) is 0 Å². The molecule has 1 rings (SSSR count). The number of rotatable bonds is 3. The number of hydrogen-bond acceptors (Lipinski definition) is 3. The number of phenolic OH excluding ortho intramolecular Hbond substituents is 1. The van der Waals surface area contributed by atoms with Crippen molar-refractivity contribution < 1.29 is 14.2 Å². The molecule has 0 aliphatic heterocycles. The standard InChI is InChI=1S/C10H10FNO2/c1-14-9-5-4-8(13)7(10(9)11)3-2-6-12/h4-5,13H,2-3H2,1H3. The lowest BCUT2D eigenvalue weighted by Gasteiger charge is -2.07. The van der Waals surface area contributed by atoms with Crippen molar-refractivity contribution in [2.24, 2.45) is 0 Å². The molecule has 1 N–H and O–H groups in total. The number of nitriles is 1. The smallest absolute Gasteiger partial charge is 0.171 e. The maximum absolute atomic E-state index is 13.5. The van der Waals surface area contributed by atoms with Crippen LogP contribution in [0.5, 0.6) is 11.5 Å². The van der Waals surface area contributed by atoms with E-state index >= 15 is 0 Å². The Morgan fingerprint density at radius 3 is 2.86 bits per heavy atom. The molecule has 0 spiro atoms. The summed E-state index contributed by atoms with van der Waals surface area (Å²) < 4.78 is 18.2. The minimum Gasteiger partial charge on any atom is -0.508 e. The first-order valence-corrected chi connectivity index (χ1v) is 4.12. The van der Waals surface area contributed by atoms with Gasteiger partial charge in [0.05, 0.1) is 13.2 Å². The van der Waals surface area contributed by atoms with Crippen LogP contribution in [0.1, 0.15) is 12.0 Å². The molecule has 0 bridgehead atoms. The van der Waals surface area contributed by atoms with Gasteiger partial charge in [0, 0.05) is 12.0 Å². The SMILES string of the molecule is COc1ccc(O)c(CCC#N)c1F. The van der Waals surface area contributed by atoms with E-state index in [4.69, 9.17) is 10.00 Å². The van der Waals surface area contributed by atoms with Gasteiger partial charge in [-0.1, -0.05) is 0 Å². The number of hydrogen-bond donors (Lipinski definition) is 1. The molecular formula is C10H10FNO2. The van der Waals surface area contributed by atoms with Crippen LogP contribution < -0.4 is 4.74 Å². The van der Waals surface area contributed by atoms with Gasteiger partial charge in [0.1, 0.15) is 5.75 Å². The first-order valence-electron chi connectivity index (χ1n) is 4.12. The monoisotopic (exact) mass is 195 g/mol. The van der Waals surface area contributed by atoms with Crippen LogP contribution >= 0.6 is 0 Å². The molecule has 0 saturated carbocycles. The first-order chi connectivity index (χ1) is 6.70. The Kier molecular flexibility index (Phi) is 3.29. The molecule has 1 aromatic rings. The molecule has 0 atom stereocenters. The average Bonchev–Trinajstić information content (AvgIpc) is 2.18. The zero-order chi connectivity index (χ0) is 10.6. The van der Waals surface area contributed by atoms with E-state index < -0.39 is 5.82 Å². The highest BCUT2D eigenvalue weighted by molar-refractivity contribution is 5.41. The molecule has 0 radical (unpaired) electrons. The van der Waals surface area contributed by atoms with Gasteiger partial charge in [-0.15, -0.1) is 0 Å². The number of halogens is 1. The molecular weight excluding hydrogens is 185 g/mol. The summed E-state index contributed by atoms with van der Waals surface area (Å²) in [4.78, 5) is 0. The second-order valence-electron chi connectivity index (χ2n) is 2.74. The maximum atomic E-state index is 13.5. The van der Waals surface area contributed by atoms with Crippen molar-refractivity contribution in [2.75, 3.05) is 7.11 Å². The number of nitrogens with zero attached hydrogens (tertiary/aromatic N) is 1. The van der Waals surface area contributed by atoms with Gasteiger partial charge < -0.3 is 9.84 Å². The summed E-state index contributed by atoms with van der Waals surface area (Å²) in [6.45, 7) is 0. The summed E-state index contributed by atoms with van der Waals surface area (Å²) in [7, 11) is 1.35. The predicted molar refractivity (Wildman–Crippen MR) is 48.6 cm³/mol. The third-order valence-electron chi connectivity index (χ3n) is 1.89. The van der Waals surface area contributed by atoms with Crippen molar-refractivity contribution in [3.8, 4) is 17.6 Å². The number of methoxy groups -OCH3 is 1. The van der Waals surface area contributed by atoms with Crippen molar-refractivity contribution in [3.05, 3.63) is 23.5 Å². The Morgan fingerprint density at radius 2 is 2.29 bits per heavy atom. The number of benzene rings is 1. The lowest BCUT2D eigenvalue weighted by atomic mass is 10.1. The number of phenols is 1. The largest absolute Gasteiger partial charge is 0.508 e. The summed E-state index contributed by atoms with van der Waals surface area (Å²) >= 11 is 0. The fourth-order valence-electron chi connectivity index (χ4n) is 1.17. The molecule has 0 amide bonds. The number of ether oxygens (including phenoxy) is 1. The predicted octanol–water partition coefficient (Wildman–Crippen LogP) is 2.00. The zero-order valence-corrected chi connectivity index (χ0v) is 7.75. The van der Waals surface area contributed by atoms with Gasteiger partial charge in [0.25, 0.3) is 0 Å². The molecule has 0 saturated heterocycles. The molecule has 3 nitrogen and oxygen atoms in total. The van der Waals surface area contributed by atoms with Crippen molar-refractivity contribution in [3.63, 3.8) is 0 Å². The van der Waals surface area contributed by atoms with E-state index in [-0.39, 0.29) is 29.9 Å². The van der Waals surface area contributed by atoms with Crippen LogP contribution in [0.4, 0.5) is 4.39 Å². The second-order valence-corrected chi connectivity index (χ2v) is 2.74. The summed E-state index contributed by atoms with van der Waals surface area (Å²) in [5.41, 5.74) is 0.130. The summed E-state index contributed by atoms with van der Waals surface area (Å²) in [6.07, 6.45) is 0.350. The molecule has 14 heavy (non-hydrogen) atoms. The van der Waals surface area contributed by atoms with Gasteiger partial charge in [0.15, 0.2) is 11.6 Å². The highest BCUT2D eigenvalue weighted by Crippen LogP contribution is 2.28. The van der Waals surface area contributed by atoms with Crippen LogP contribution in [0.15, 0.2) is 12.1 Å². The van der Waals surface area contributed by atoms with E-state index in [1.165, 1.54) is 19.2 Å². The third kappa shape index (κ3) is 1.94. The van der Waals surface area contributed by atoms with E-state index in [1.807, 2.05) is 6.07 Å². The minimum absolute atomic E-state index is 0.0794. The van der Waals surface area contributed by atoms with Crippen LogP contribution in [0, 0.1) is 17.1 Å². The van der Waals surface area contributed by atoms with Crippen molar-refractivity contribution in [2.45, 2.75) is 12.8 Å². The zero-order valence-electron chi connectivity index (χ0n) is 7.75. The van der Waals surface area contributed by atoms with Crippen molar-refractivity contribution >= 4 is 0 Å². The van der Waals surface area contributed by atoms with Gasteiger partial charge in [-0.3, -0.25) is 0 Å². The van der Waals surface area contributed by atoms with Gasteiger partial charge in [-0.2, -0.15) is 5.26 Å². The Morgan fingerprint density at radius 1 is 1.57 bits per heavy atom. The average molecular weight is 195 g/mol. The molecule has 0 heterocycles. The fraction of sp³-hybridized carbons (Fsp3) is 0.300.